The average molecular weight is 318 g/mol. The van der Waals surface area contributed by atoms with Crippen LogP contribution in [0.1, 0.15) is 45.3 Å². The molecule has 1 unspecified atom stereocenters. The number of nitrogens with one attached hydrogen (secondary N) is 1. The molecule has 18 heavy (non-hydrogen) atoms. The molecule has 0 aromatic carbocycles. The molecular formula is C13H24BrN3O. The fourth-order valence-electron chi connectivity index (χ4n) is 2.00. The second kappa shape index (κ2) is 8.67. The summed E-state index contributed by atoms with van der Waals surface area (Å²) < 4.78 is 8.70. The molecule has 4 nitrogen and oxygen atoms in total. The van der Waals surface area contributed by atoms with Crippen LogP contribution in [0.15, 0.2) is 10.7 Å². The number of halogens is 1. The lowest BCUT2D eigenvalue weighted by molar-refractivity contribution is 0.124. The van der Waals surface area contributed by atoms with Gasteiger partial charge in [-0.1, -0.05) is 13.8 Å². The maximum absolute atomic E-state index is 5.59. The Morgan fingerprint density at radius 2 is 2.17 bits per heavy atom. The zero-order valence-electron chi connectivity index (χ0n) is 11.6. The Morgan fingerprint density at radius 3 is 2.78 bits per heavy atom. The molecular weight excluding hydrogens is 294 g/mol. The van der Waals surface area contributed by atoms with Gasteiger partial charge in [-0.25, -0.2) is 0 Å². The topological polar surface area (TPSA) is 39.1 Å². The normalized spacial score (nSPS) is 12.9. The van der Waals surface area contributed by atoms with Crippen molar-refractivity contribution in [1.29, 1.82) is 0 Å². The minimum atomic E-state index is 0.295. The number of aromatic nitrogens is 2. The van der Waals surface area contributed by atoms with Gasteiger partial charge in [0.2, 0.25) is 0 Å². The highest BCUT2D eigenvalue weighted by atomic mass is 79.9. The quantitative estimate of drug-likeness (QED) is 0.711. The highest BCUT2D eigenvalue weighted by molar-refractivity contribution is 9.10. The van der Waals surface area contributed by atoms with Gasteiger partial charge in [-0.05, 0) is 42.2 Å². The third-order valence-corrected chi connectivity index (χ3v) is 3.42. The lowest BCUT2D eigenvalue weighted by Gasteiger charge is -2.19. The van der Waals surface area contributed by atoms with E-state index >= 15 is 0 Å². The van der Waals surface area contributed by atoms with Gasteiger partial charge in [0, 0.05) is 19.8 Å². The van der Waals surface area contributed by atoms with E-state index in [1.165, 1.54) is 5.69 Å². The number of hydrogen-bond donors (Lipinski definition) is 1. The van der Waals surface area contributed by atoms with Crippen LogP contribution in [0, 0.1) is 0 Å². The van der Waals surface area contributed by atoms with Gasteiger partial charge in [0.05, 0.1) is 22.4 Å². The lowest BCUT2D eigenvalue weighted by atomic mass is 10.1. The molecule has 0 aliphatic rings. The smallest absolute Gasteiger partial charge is 0.0696 e. The van der Waals surface area contributed by atoms with Gasteiger partial charge in [0.25, 0.3) is 0 Å². The Balaban J connectivity index is 2.67. The minimum Gasteiger partial charge on any atom is -0.381 e. The summed E-state index contributed by atoms with van der Waals surface area (Å²) >= 11 is 3.59. The van der Waals surface area contributed by atoms with Crippen LogP contribution in [0.25, 0.3) is 0 Å². The summed E-state index contributed by atoms with van der Waals surface area (Å²) in [5.41, 5.74) is 1.22. The summed E-state index contributed by atoms with van der Waals surface area (Å²) in [6.45, 7) is 9.82. The zero-order valence-corrected chi connectivity index (χ0v) is 13.2. The Hall–Kier alpha value is -0.390. The van der Waals surface area contributed by atoms with Crippen molar-refractivity contribution in [1.82, 2.24) is 15.1 Å². The van der Waals surface area contributed by atoms with E-state index in [1.807, 2.05) is 10.9 Å². The van der Waals surface area contributed by atoms with E-state index in [1.54, 1.807) is 0 Å². The first-order valence-electron chi connectivity index (χ1n) is 6.76. The standard InChI is InChI=1S/C13H24BrN3O/c1-4-8-18-9-7-12(15-5-2)13-11(14)10-16-17(13)6-3/h10,12,15H,4-9H2,1-3H3. The summed E-state index contributed by atoms with van der Waals surface area (Å²) in [4.78, 5) is 0. The van der Waals surface area contributed by atoms with Crippen molar-refractivity contribution in [3.05, 3.63) is 16.4 Å². The van der Waals surface area contributed by atoms with Crippen molar-refractivity contribution in [2.75, 3.05) is 19.8 Å². The number of aryl methyl sites for hydroxylation is 1. The molecule has 0 spiro atoms. The first-order valence-corrected chi connectivity index (χ1v) is 7.56. The molecule has 0 amide bonds. The van der Waals surface area contributed by atoms with E-state index in [0.717, 1.165) is 43.6 Å². The van der Waals surface area contributed by atoms with Crippen molar-refractivity contribution in [3.63, 3.8) is 0 Å². The molecule has 0 bridgehead atoms. The van der Waals surface area contributed by atoms with E-state index in [-0.39, 0.29) is 0 Å². The first-order chi connectivity index (χ1) is 8.74. The van der Waals surface area contributed by atoms with Crippen molar-refractivity contribution < 1.29 is 4.74 Å². The van der Waals surface area contributed by atoms with Crippen LogP contribution in [0.3, 0.4) is 0 Å². The van der Waals surface area contributed by atoms with Crippen LogP contribution in [-0.4, -0.2) is 29.5 Å². The molecule has 5 heteroatoms. The highest BCUT2D eigenvalue weighted by Gasteiger charge is 2.18. The molecule has 1 aromatic rings. The molecule has 0 fully saturated rings. The highest BCUT2D eigenvalue weighted by Crippen LogP contribution is 2.25. The molecule has 0 aliphatic carbocycles. The molecule has 0 saturated carbocycles. The molecule has 1 N–H and O–H groups in total. The van der Waals surface area contributed by atoms with Crippen LogP contribution in [-0.2, 0) is 11.3 Å². The molecule has 0 aliphatic heterocycles. The second-order valence-electron chi connectivity index (χ2n) is 4.20. The van der Waals surface area contributed by atoms with Gasteiger partial charge < -0.3 is 10.1 Å². The van der Waals surface area contributed by atoms with Crippen molar-refractivity contribution in [2.24, 2.45) is 0 Å². The van der Waals surface area contributed by atoms with E-state index in [2.05, 4.69) is 47.1 Å². The number of hydrogen-bond acceptors (Lipinski definition) is 3. The van der Waals surface area contributed by atoms with Crippen LogP contribution < -0.4 is 5.32 Å². The third-order valence-electron chi connectivity index (χ3n) is 2.81. The van der Waals surface area contributed by atoms with Crippen LogP contribution in [0.4, 0.5) is 0 Å². The Bertz CT molecular complexity index is 341. The number of ether oxygens (including phenoxy) is 1. The average Bonchev–Trinajstić information content (AvgIpc) is 2.74. The summed E-state index contributed by atoms with van der Waals surface area (Å²) in [6.07, 6.45) is 3.91. The molecule has 1 rings (SSSR count). The Kier molecular flexibility index (Phi) is 7.54. The predicted molar refractivity (Wildman–Crippen MR) is 77.7 cm³/mol. The second-order valence-corrected chi connectivity index (χ2v) is 5.06. The summed E-state index contributed by atoms with van der Waals surface area (Å²) in [6, 6.07) is 0.295. The maximum Gasteiger partial charge on any atom is 0.0696 e. The van der Waals surface area contributed by atoms with Crippen molar-refractivity contribution in [3.8, 4) is 0 Å². The van der Waals surface area contributed by atoms with Crippen LogP contribution >= 0.6 is 15.9 Å². The van der Waals surface area contributed by atoms with E-state index in [9.17, 15) is 0 Å². The molecule has 104 valence electrons. The third kappa shape index (κ3) is 4.37. The van der Waals surface area contributed by atoms with Gasteiger partial charge in [-0.2, -0.15) is 5.10 Å². The summed E-state index contributed by atoms with van der Waals surface area (Å²) in [7, 11) is 0. The first kappa shape index (κ1) is 15.7. The largest absolute Gasteiger partial charge is 0.381 e. The SMILES string of the molecule is CCCOCCC(NCC)c1c(Br)cnn1CC. The maximum atomic E-state index is 5.59. The zero-order chi connectivity index (χ0) is 13.4. The fraction of sp³-hybridized carbons (Fsp3) is 0.769. The minimum absolute atomic E-state index is 0.295. The molecule has 0 radical (unpaired) electrons. The molecule has 0 saturated heterocycles. The van der Waals surface area contributed by atoms with E-state index in [0.29, 0.717) is 6.04 Å². The van der Waals surface area contributed by atoms with Gasteiger partial charge in [-0.15, -0.1) is 0 Å². The van der Waals surface area contributed by atoms with Gasteiger partial charge in [0.1, 0.15) is 0 Å². The van der Waals surface area contributed by atoms with Crippen LogP contribution in [0.2, 0.25) is 0 Å². The van der Waals surface area contributed by atoms with Gasteiger partial charge >= 0.3 is 0 Å². The molecule has 1 heterocycles. The van der Waals surface area contributed by atoms with E-state index in [4.69, 9.17) is 4.74 Å². The molecule has 1 atom stereocenters. The Morgan fingerprint density at radius 1 is 1.39 bits per heavy atom. The fourth-order valence-corrected chi connectivity index (χ4v) is 2.57. The molecule has 1 aromatic heterocycles. The van der Waals surface area contributed by atoms with Crippen LogP contribution in [0.5, 0.6) is 0 Å². The lowest BCUT2D eigenvalue weighted by Crippen LogP contribution is -2.25. The van der Waals surface area contributed by atoms with Gasteiger partial charge in [0.15, 0.2) is 0 Å². The summed E-state index contributed by atoms with van der Waals surface area (Å²) in [5.74, 6) is 0. The monoisotopic (exact) mass is 317 g/mol. The summed E-state index contributed by atoms with van der Waals surface area (Å²) in [5, 5.41) is 7.88. The van der Waals surface area contributed by atoms with Gasteiger partial charge in [-0.3, -0.25) is 4.68 Å². The Labute approximate surface area is 118 Å². The number of rotatable bonds is 9. The van der Waals surface area contributed by atoms with Crippen molar-refractivity contribution >= 4 is 15.9 Å². The van der Waals surface area contributed by atoms with E-state index < -0.39 is 0 Å². The number of nitrogens with zero attached hydrogens (tertiary/aromatic N) is 2. The van der Waals surface area contributed by atoms with Crippen molar-refractivity contribution in [2.45, 2.75) is 46.2 Å². The predicted octanol–water partition coefficient (Wildman–Crippen LogP) is 3.13.